The molecule has 3 rings (SSSR count). The van der Waals surface area contributed by atoms with E-state index in [1.165, 1.54) is 5.69 Å². The van der Waals surface area contributed by atoms with Crippen LogP contribution in [0.3, 0.4) is 0 Å². The van der Waals surface area contributed by atoms with E-state index in [4.69, 9.17) is 0 Å². The van der Waals surface area contributed by atoms with E-state index in [-0.39, 0.29) is 24.3 Å². The lowest BCUT2D eigenvalue weighted by Gasteiger charge is -2.36. The second kappa shape index (κ2) is 8.15. The van der Waals surface area contributed by atoms with Gasteiger partial charge < -0.3 is 15.5 Å². The van der Waals surface area contributed by atoms with Gasteiger partial charge in [-0.2, -0.15) is 0 Å². The zero-order chi connectivity index (χ0) is 16.8. The molecule has 24 heavy (non-hydrogen) atoms. The topological polar surface area (TPSA) is 64.7 Å². The van der Waals surface area contributed by atoms with E-state index in [0.717, 1.165) is 45.6 Å². The van der Waals surface area contributed by atoms with E-state index in [9.17, 15) is 9.59 Å². The minimum Gasteiger partial charge on any atom is -0.369 e. The number of piperazine rings is 1. The summed E-state index contributed by atoms with van der Waals surface area (Å²) in [4.78, 5) is 27.9. The average molecular weight is 330 g/mol. The zero-order valence-corrected chi connectivity index (χ0v) is 14.0. The van der Waals surface area contributed by atoms with Crippen molar-refractivity contribution in [2.45, 2.75) is 12.8 Å². The molecule has 2 aliphatic rings. The SMILES string of the molecule is O=C(CNC(=O)C1CC1)NCCN1CCN(c2ccccc2)CC1. The van der Waals surface area contributed by atoms with Gasteiger partial charge in [0.2, 0.25) is 11.8 Å². The Balaban J connectivity index is 1.28. The number of hydrogen-bond donors (Lipinski definition) is 2. The standard InChI is InChI=1S/C18H26N4O2/c23-17(14-20-18(24)15-6-7-15)19-8-9-21-10-12-22(13-11-21)16-4-2-1-3-5-16/h1-5,15H,6-14H2,(H,19,23)(H,20,24). The number of benzene rings is 1. The van der Waals surface area contributed by atoms with Crippen molar-refractivity contribution in [1.82, 2.24) is 15.5 Å². The maximum absolute atomic E-state index is 11.7. The van der Waals surface area contributed by atoms with Crippen LogP contribution in [-0.2, 0) is 9.59 Å². The monoisotopic (exact) mass is 330 g/mol. The Morgan fingerprint density at radius 1 is 1.00 bits per heavy atom. The predicted octanol–water partition coefficient (Wildman–Crippen LogP) is 0.451. The second-order valence-corrected chi connectivity index (χ2v) is 6.51. The number of amides is 2. The molecule has 0 aromatic heterocycles. The molecular weight excluding hydrogens is 304 g/mol. The normalized spacial score (nSPS) is 18.2. The highest BCUT2D eigenvalue weighted by atomic mass is 16.2. The Hall–Kier alpha value is -2.08. The van der Waals surface area contributed by atoms with E-state index in [1.807, 2.05) is 6.07 Å². The fraction of sp³-hybridized carbons (Fsp3) is 0.556. The molecule has 1 aromatic rings. The van der Waals surface area contributed by atoms with Crippen LogP contribution in [-0.4, -0.2) is 62.5 Å². The molecule has 130 valence electrons. The predicted molar refractivity (Wildman–Crippen MR) is 93.8 cm³/mol. The lowest BCUT2D eigenvalue weighted by atomic mass is 10.2. The van der Waals surface area contributed by atoms with E-state index in [0.29, 0.717) is 6.54 Å². The molecule has 0 bridgehead atoms. The van der Waals surface area contributed by atoms with Gasteiger partial charge in [0.25, 0.3) is 0 Å². The van der Waals surface area contributed by atoms with Crippen molar-refractivity contribution >= 4 is 17.5 Å². The number of nitrogens with zero attached hydrogens (tertiary/aromatic N) is 2. The third kappa shape index (κ3) is 4.96. The Bertz CT molecular complexity index is 551. The van der Waals surface area contributed by atoms with Gasteiger partial charge in [-0.1, -0.05) is 18.2 Å². The molecule has 6 nitrogen and oxygen atoms in total. The molecule has 0 atom stereocenters. The number of nitrogens with one attached hydrogen (secondary N) is 2. The van der Waals surface area contributed by atoms with Crippen LogP contribution in [0.15, 0.2) is 30.3 Å². The van der Waals surface area contributed by atoms with Crippen LogP contribution < -0.4 is 15.5 Å². The van der Waals surface area contributed by atoms with Crippen molar-refractivity contribution in [2.75, 3.05) is 50.7 Å². The molecule has 0 spiro atoms. The van der Waals surface area contributed by atoms with Crippen LogP contribution in [0.1, 0.15) is 12.8 Å². The van der Waals surface area contributed by atoms with Gasteiger partial charge in [0, 0.05) is 50.9 Å². The molecule has 2 amide bonds. The molecule has 1 aromatic carbocycles. The molecule has 2 fully saturated rings. The van der Waals surface area contributed by atoms with Gasteiger partial charge in [0.15, 0.2) is 0 Å². The van der Waals surface area contributed by atoms with Crippen LogP contribution >= 0.6 is 0 Å². The molecule has 1 saturated carbocycles. The number of carbonyl (C=O) groups is 2. The maximum atomic E-state index is 11.7. The van der Waals surface area contributed by atoms with Gasteiger partial charge >= 0.3 is 0 Å². The van der Waals surface area contributed by atoms with Crippen molar-refractivity contribution in [1.29, 1.82) is 0 Å². The minimum atomic E-state index is -0.105. The second-order valence-electron chi connectivity index (χ2n) is 6.51. The van der Waals surface area contributed by atoms with Crippen LogP contribution in [0.4, 0.5) is 5.69 Å². The van der Waals surface area contributed by atoms with Gasteiger partial charge in [-0.05, 0) is 25.0 Å². The molecule has 0 radical (unpaired) electrons. The lowest BCUT2D eigenvalue weighted by molar-refractivity contribution is -0.126. The Morgan fingerprint density at radius 3 is 2.38 bits per heavy atom. The fourth-order valence-corrected chi connectivity index (χ4v) is 2.94. The maximum Gasteiger partial charge on any atom is 0.239 e. The molecule has 0 unspecified atom stereocenters. The van der Waals surface area contributed by atoms with E-state index < -0.39 is 0 Å². The number of para-hydroxylation sites is 1. The summed E-state index contributed by atoms with van der Waals surface area (Å²) in [5.74, 6) is 0.0628. The Morgan fingerprint density at radius 2 is 1.71 bits per heavy atom. The summed E-state index contributed by atoms with van der Waals surface area (Å²) in [6, 6.07) is 10.5. The number of hydrogen-bond acceptors (Lipinski definition) is 4. The van der Waals surface area contributed by atoms with Crippen LogP contribution in [0.2, 0.25) is 0 Å². The summed E-state index contributed by atoms with van der Waals surface area (Å²) in [5.41, 5.74) is 1.27. The van der Waals surface area contributed by atoms with Crippen molar-refractivity contribution in [3.63, 3.8) is 0 Å². The first-order valence-electron chi connectivity index (χ1n) is 8.79. The highest BCUT2D eigenvalue weighted by Gasteiger charge is 2.29. The fourth-order valence-electron chi connectivity index (χ4n) is 2.94. The first-order valence-corrected chi connectivity index (χ1v) is 8.79. The summed E-state index contributed by atoms with van der Waals surface area (Å²) >= 11 is 0. The smallest absolute Gasteiger partial charge is 0.239 e. The highest BCUT2D eigenvalue weighted by molar-refractivity contribution is 5.86. The van der Waals surface area contributed by atoms with Gasteiger partial charge in [-0.3, -0.25) is 14.5 Å². The third-order valence-electron chi connectivity index (χ3n) is 4.62. The zero-order valence-electron chi connectivity index (χ0n) is 14.0. The van der Waals surface area contributed by atoms with Crippen molar-refractivity contribution < 1.29 is 9.59 Å². The molecule has 1 aliphatic carbocycles. The van der Waals surface area contributed by atoms with E-state index in [1.54, 1.807) is 0 Å². The minimum absolute atomic E-state index is 0.0159. The van der Waals surface area contributed by atoms with Crippen molar-refractivity contribution in [2.24, 2.45) is 5.92 Å². The lowest BCUT2D eigenvalue weighted by Crippen LogP contribution is -2.49. The molecule has 1 aliphatic heterocycles. The Kier molecular flexibility index (Phi) is 5.69. The number of carbonyl (C=O) groups excluding carboxylic acids is 2. The molecular formula is C18H26N4O2. The molecule has 6 heteroatoms. The van der Waals surface area contributed by atoms with Gasteiger partial charge in [-0.25, -0.2) is 0 Å². The van der Waals surface area contributed by atoms with E-state index >= 15 is 0 Å². The number of rotatable bonds is 7. The quantitative estimate of drug-likeness (QED) is 0.762. The molecule has 1 heterocycles. The summed E-state index contributed by atoms with van der Waals surface area (Å²) in [6.45, 7) is 5.60. The summed E-state index contributed by atoms with van der Waals surface area (Å²) in [6.07, 6.45) is 1.92. The average Bonchev–Trinajstić information content (AvgIpc) is 3.46. The molecule has 1 saturated heterocycles. The van der Waals surface area contributed by atoms with E-state index in [2.05, 4.69) is 44.7 Å². The summed E-state index contributed by atoms with van der Waals surface area (Å²) in [5, 5.41) is 5.56. The van der Waals surface area contributed by atoms with Crippen LogP contribution in [0, 0.1) is 5.92 Å². The first kappa shape index (κ1) is 16.8. The summed E-state index contributed by atoms with van der Waals surface area (Å²) in [7, 11) is 0. The first-order chi connectivity index (χ1) is 11.7. The van der Waals surface area contributed by atoms with Gasteiger partial charge in [-0.15, -0.1) is 0 Å². The van der Waals surface area contributed by atoms with Crippen molar-refractivity contribution in [3.05, 3.63) is 30.3 Å². The highest BCUT2D eigenvalue weighted by Crippen LogP contribution is 2.28. The van der Waals surface area contributed by atoms with Crippen LogP contribution in [0.25, 0.3) is 0 Å². The van der Waals surface area contributed by atoms with Crippen molar-refractivity contribution in [3.8, 4) is 0 Å². The number of anilines is 1. The largest absolute Gasteiger partial charge is 0.369 e. The molecule has 2 N–H and O–H groups in total. The van der Waals surface area contributed by atoms with Gasteiger partial charge in [0.1, 0.15) is 0 Å². The third-order valence-corrected chi connectivity index (χ3v) is 4.62. The Labute approximate surface area is 143 Å². The van der Waals surface area contributed by atoms with Crippen LogP contribution in [0.5, 0.6) is 0 Å². The summed E-state index contributed by atoms with van der Waals surface area (Å²) < 4.78 is 0. The van der Waals surface area contributed by atoms with Gasteiger partial charge in [0.05, 0.1) is 6.54 Å².